The topological polar surface area (TPSA) is 41.9 Å². The molecule has 0 fully saturated rings. The highest BCUT2D eigenvalue weighted by molar-refractivity contribution is 8.21. The van der Waals surface area contributed by atoms with E-state index in [9.17, 15) is 18.0 Å². The lowest BCUT2D eigenvalue weighted by Crippen LogP contribution is -2.25. The molecule has 4 nitrogen and oxygen atoms in total. The van der Waals surface area contributed by atoms with Crippen LogP contribution in [0, 0.1) is 0 Å². The van der Waals surface area contributed by atoms with E-state index in [0.717, 1.165) is 23.4 Å². The Morgan fingerprint density at radius 3 is 2.33 bits per heavy atom. The Morgan fingerprint density at radius 2 is 1.79 bits per heavy atom. The molecule has 0 heterocycles. The standard InChI is InChI=1S/C24H27F3N2O2S2/c1-4-28-23(18-9-11-19(12-10-18)24(25,26)27)33-22(32)16-29(3)20-13-6-17(7-14-20)8-15-21(30)31-5-2/h6-15,22,32H,4-5,16H2,1-3H3/b15-8+,28-23-. The van der Waals surface area contributed by atoms with E-state index >= 15 is 0 Å². The molecule has 1 atom stereocenters. The molecule has 2 aromatic carbocycles. The number of alkyl halides is 3. The molecule has 0 aromatic heterocycles. The maximum Gasteiger partial charge on any atom is 0.416 e. The molecule has 2 aromatic rings. The van der Waals surface area contributed by atoms with E-state index in [0.29, 0.717) is 30.3 Å². The SMILES string of the molecule is CC/N=C(\SC(S)CN(C)c1ccc(/C=C/C(=O)OCC)cc1)c1ccc(C(F)(F)F)cc1. The van der Waals surface area contributed by atoms with Crippen LogP contribution in [0.1, 0.15) is 30.5 Å². The van der Waals surface area contributed by atoms with E-state index in [1.807, 2.05) is 43.1 Å². The van der Waals surface area contributed by atoms with Gasteiger partial charge in [0.25, 0.3) is 0 Å². The number of carbonyl (C=O) groups excluding carboxylic acids is 1. The number of hydrogen-bond acceptors (Lipinski definition) is 6. The normalized spacial score (nSPS) is 13.2. The van der Waals surface area contributed by atoms with Crippen molar-refractivity contribution in [1.82, 2.24) is 0 Å². The molecular weight excluding hydrogens is 469 g/mol. The Bertz CT molecular complexity index is 959. The third-order valence-electron chi connectivity index (χ3n) is 4.47. The fourth-order valence-electron chi connectivity index (χ4n) is 2.84. The van der Waals surface area contributed by atoms with E-state index in [4.69, 9.17) is 4.74 Å². The van der Waals surface area contributed by atoms with Crippen molar-refractivity contribution in [2.24, 2.45) is 4.99 Å². The Labute approximate surface area is 202 Å². The van der Waals surface area contributed by atoms with Gasteiger partial charge in [0.1, 0.15) is 0 Å². The van der Waals surface area contributed by atoms with Crippen molar-refractivity contribution in [3.63, 3.8) is 0 Å². The van der Waals surface area contributed by atoms with Gasteiger partial charge in [0, 0.05) is 37.5 Å². The first kappa shape index (κ1) is 26.9. The molecule has 9 heteroatoms. The van der Waals surface area contributed by atoms with Crippen molar-refractivity contribution >= 4 is 47.2 Å². The van der Waals surface area contributed by atoms with Crippen LogP contribution >= 0.6 is 24.4 Å². The van der Waals surface area contributed by atoms with Crippen molar-refractivity contribution in [1.29, 1.82) is 0 Å². The Morgan fingerprint density at radius 1 is 1.15 bits per heavy atom. The number of anilines is 1. The van der Waals surface area contributed by atoms with Gasteiger partial charge in [-0.15, -0.1) is 0 Å². The maximum absolute atomic E-state index is 12.8. The lowest BCUT2D eigenvalue weighted by Gasteiger charge is -2.23. The zero-order chi connectivity index (χ0) is 24.4. The first-order valence-electron chi connectivity index (χ1n) is 10.4. The molecule has 0 aliphatic heterocycles. The van der Waals surface area contributed by atoms with Crippen molar-refractivity contribution in [2.75, 3.05) is 31.6 Å². The fourth-order valence-corrected chi connectivity index (χ4v) is 4.42. The number of nitrogens with zero attached hydrogens (tertiary/aromatic N) is 2. The Balaban J connectivity index is 2.00. The summed E-state index contributed by atoms with van der Waals surface area (Å²) in [5.74, 6) is -0.383. The van der Waals surface area contributed by atoms with Crippen molar-refractivity contribution < 1.29 is 22.7 Å². The van der Waals surface area contributed by atoms with Gasteiger partial charge in [-0.3, -0.25) is 4.99 Å². The second-order valence-corrected chi connectivity index (χ2v) is 9.15. The summed E-state index contributed by atoms with van der Waals surface area (Å²) in [5.41, 5.74) is 1.78. The van der Waals surface area contributed by atoms with Gasteiger partial charge in [-0.25, -0.2) is 4.79 Å². The maximum atomic E-state index is 12.8. The molecule has 1 unspecified atom stereocenters. The van der Waals surface area contributed by atoms with Crippen LogP contribution in [-0.4, -0.2) is 42.3 Å². The van der Waals surface area contributed by atoms with Crippen LogP contribution < -0.4 is 4.90 Å². The quantitative estimate of drug-likeness (QED) is 0.113. The smallest absolute Gasteiger partial charge is 0.416 e. The highest BCUT2D eigenvalue weighted by Crippen LogP contribution is 2.30. The largest absolute Gasteiger partial charge is 0.463 e. The highest BCUT2D eigenvalue weighted by Gasteiger charge is 2.30. The highest BCUT2D eigenvalue weighted by atomic mass is 32.2. The van der Waals surface area contributed by atoms with Crippen molar-refractivity contribution in [3.05, 3.63) is 71.3 Å². The van der Waals surface area contributed by atoms with Crippen LogP contribution in [0.2, 0.25) is 0 Å². The summed E-state index contributed by atoms with van der Waals surface area (Å²) in [7, 11) is 1.93. The second kappa shape index (κ2) is 12.7. The van der Waals surface area contributed by atoms with Crippen LogP contribution in [0.3, 0.4) is 0 Å². The van der Waals surface area contributed by atoms with Crippen LogP contribution in [0.25, 0.3) is 6.08 Å². The first-order valence-corrected chi connectivity index (χ1v) is 11.8. The number of rotatable bonds is 9. The lowest BCUT2D eigenvalue weighted by atomic mass is 10.1. The van der Waals surface area contributed by atoms with Gasteiger partial charge in [-0.05, 0) is 49.8 Å². The van der Waals surface area contributed by atoms with Crippen molar-refractivity contribution in [2.45, 2.75) is 24.6 Å². The second-order valence-electron chi connectivity index (χ2n) is 6.98. The Hall–Kier alpha value is -2.39. The molecule has 0 N–H and O–H groups in total. The van der Waals surface area contributed by atoms with Gasteiger partial charge >= 0.3 is 12.1 Å². The molecule has 178 valence electrons. The molecule has 0 aliphatic carbocycles. The molecule has 0 amide bonds. The Kier molecular flexibility index (Phi) is 10.4. The molecular formula is C24H27F3N2O2S2. The number of carbonyl (C=O) groups is 1. The fraction of sp³-hybridized carbons (Fsp3) is 0.333. The zero-order valence-electron chi connectivity index (χ0n) is 18.7. The minimum atomic E-state index is -4.37. The molecule has 0 saturated carbocycles. The monoisotopic (exact) mass is 496 g/mol. The van der Waals surface area contributed by atoms with Crippen LogP contribution in [0.5, 0.6) is 0 Å². The molecule has 33 heavy (non-hydrogen) atoms. The number of thioether (sulfide) groups is 1. The van der Waals surface area contributed by atoms with Crippen LogP contribution in [0.4, 0.5) is 18.9 Å². The molecule has 0 spiro atoms. The number of thiol groups is 1. The van der Waals surface area contributed by atoms with E-state index in [1.54, 1.807) is 13.0 Å². The first-order chi connectivity index (χ1) is 15.6. The van der Waals surface area contributed by atoms with Gasteiger partial charge in [0.2, 0.25) is 0 Å². The summed E-state index contributed by atoms with van der Waals surface area (Å²) in [6.45, 7) is 5.06. The number of halogens is 3. The van der Waals surface area contributed by atoms with Gasteiger partial charge in [-0.1, -0.05) is 36.0 Å². The van der Waals surface area contributed by atoms with Crippen LogP contribution in [0.15, 0.2) is 59.6 Å². The molecule has 0 aliphatic rings. The van der Waals surface area contributed by atoms with E-state index in [-0.39, 0.29) is 10.6 Å². The number of ether oxygens (including phenoxy) is 1. The summed E-state index contributed by atoms with van der Waals surface area (Å²) in [5, 5.41) is 0.652. The average Bonchev–Trinajstić information content (AvgIpc) is 2.77. The number of benzene rings is 2. The van der Waals surface area contributed by atoms with E-state index < -0.39 is 11.7 Å². The number of esters is 1. The summed E-state index contributed by atoms with van der Waals surface area (Å²) in [6.07, 6.45) is -1.29. The minimum Gasteiger partial charge on any atom is -0.463 e. The number of aliphatic imine (C=N–C) groups is 1. The average molecular weight is 497 g/mol. The third-order valence-corrected chi connectivity index (χ3v) is 5.96. The van der Waals surface area contributed by atoms with Gasteiger partial charge < -0.3 is 9.64 Å². The predicted octanol–water partition coefficient (Wildman–Crippen LogP) is 6.17. The zero-order valence-corrected chi connectivity index (χ0v) is 20.4. The molecule has 2 rings (SSSR count). The minimum absolute atomic E-state index is 0.161. The van der Waals surface area contributed by atoms with Crippen molar-refractivity contribution in [3.8, 4) is 0 Å². The van der Waals surface area contributed by atoms with E-state index in [2.05, 4.69) is 17.6 Å². The lowest BCUT2D eigenvalue weighted by molar-refractivity contribution is -0.138. The summed E-state index contributed by atoms with van der Waals surface area (Å²) in [4.78, 5) is 17.9. The van der Waals surface area contributed by atoms with Gasteiger partial charge in [0.05, 0.1) is 21.8 Å². The van der Waals surface area contributed by atoms with Gasteiger partial charge in [0.15, 0.2) is 0 Å². The van der Waals surface area contributed by atoms with Crippen LogP contribution in [-0.2, 0) is 15.7 Å². The predicted molar refractivity (Wildman–Crippen MR) is 134 cm³/mol. The van der Waals surface area contributed by atoms with Gasteiger partial charge in [-0.2, -0.15) is 25.8 Å². The summed E-state index contributed by atoms with van der Waals surface area (Å²) in [6, 6.07) is 12.7. The number of hydrogen-bond donors (Lipinski definition) is 1. The third kappa shape index (κ3) is 8.81. The summed E-state index contributed by atoms with van der Waals surface area (Å²) < 4.78 is 43.2. The molecule has 0 radical (unpaired) electrons. The molecule has 0 bridgehead atoms. The summed E-state index contributed by atoms with van der Waals surface area (Å²) >= 11 is 6.07. The molecule has 0 saturated heterocycles. The van der Waals surface area contributed by atoms with E-state index in [1.165, 1.54) is 30.0 Å².